The standard InChI is InChI=1S/C20H24Cl2N2O2.ClH/c1-5-24(6-2)14(4)26-20(25)15-9-7-8-10-17(15)23-19-16(21)12-11-13(3)18(19)22;/h7-12,14,23H,5-6H2,1-4H3;1H. The van der Waals surface area contributed by atoms with Crippen LogP contribution in [0.2, 0.25) is 10.0 Å². The fourth-order valence-corrected chi connectivity index (χ4v) is 3.17. The Labute approximate surface area is 177 Å². The minimum atomic E-state index is -0.396. The van der Waals surface area contributed by atoms with Gasteiger partial charge in [-0.15, -0.1) is 12.4 Å². The fourth-order valence-electron chi connectivity index (χ4n) is 2.71. The van der Waals surface area contributed by atoms with Crippen LogP contribution in [-0.4, -0.2) is 30.2 Å². The Hall–Kier alpha value is -1.46. The summed E-state index contributed by atoms with van der Waals surface area (Å²) in [5.41, 5.74) is 2.50. The quantitative estimate of drug-likeness (QED) is 0.412. The average Bonchev–Trinajstić information content (AvgIpc) is 2.63. The third-order valence-corrected chi connectivity index (χ3v) is 5.10. The highest BCUT2D eigenvalue weighted by Crippen LogP contribution is 2.36. The van der Waals surface area contributed by atoms with Gasteiger partial charge in [-0.1, -0.05) is 55.2 Å². The number of nitrogens with one attached hydrogen (secondary N) is 1. The molecule has 0 aliphatic carbocycles. The molecule has 1 atom stereocenters. The molecule has 7 heteroatoms. The highest BCUT2D eigenvalue weighted by molar-refractivity contribution is 6.39. The topological polar surface area (TPSA) is 41.6 Å². The van der Waals surface area contributed by atoms with Crippen molar-refractivity contribution in [1.29, 1.82) is 0 Å². The molecule has 148 valence electrons. The van der Waals surface area contributed by atoms with Crippen molar-refractivity contribution in [3.63, 3.8) is 0 Å². The number of hydrogen-bond acceptors (Lipinski definition) is 4. The van der Waals surface area contributed by atoms with Gasteiger partial charge in [0.25, 0.3) is 0 Å². The number of anilines is 2. The van der Waals surface area contributed by atoms with Crippen LogP contribution in [-0.2, 0) is 4.74 Å². The summed E-state index contributed by atoms with van der Waals surface area (Å²) in [5, 5.41) is 4.19. The molecule has 0 amide bonds. The van der Waals surface area contributed by atoms with Gasteiger partial charge in [0.1, 0.15) is 0 Å². The first-order valence-electron chi connectivity index (χ1n) is 8.64. The summed E-state index contributed by atoms with van der Waals surface area (Å²) < 4.78 is 5.62. The third-order valence-electron chi connectivity index (χ3n) is 4.30. The molecule has 0 heterocycles. The summed E-state index contributed by atoms with van der Waals surface area (Å²) in [7, 11) is 0. The molecule has 2 aromatic carbocycles. The summed E-state index contributed by atoms with van der Waals surface area (Å²) in [6.07, 6.45) is -0.309. The van der Waals surface area contributed by atoms with Gasteiger partial charge in [0, 0.05) is 0 Å². The molecule has 0 fully saturated rings. The Bertz CT molecular complexity index is 780. The van der Waals surface area contributed by atoms with Crippen molar-refractivity contribution in [3.05, 3.63) is 57.6 Å². The van der Waals surface area contributed by atoms with E-state index in [1.165, 1.54) is 0 Å². The van der Waals surface area contributed by atoms with E-state index in [-0.39, 0.29) is 18.6 Å². The second kappa shape index (κ2) is 10.8. The number of ether oxygens (including phenoxy) is 1. The third kappa shape index (κ3) is 5.76. The number of carbonyl (C=O) groups is 1. The van der Waals surface area contributed by atoms with E-state index in [2.05, 4.69) is 10.2 Å². The molecule has 0 saturated carbocycles. The lowest BCUT2D eigenvalue weighted by atomic mass is 10.1. The van der Waals surface area contributed by atoms with E-state index in [4.69, 9.17) is 27.9 Å². The molecule has 0 aliphatic rings. The van der Waals surface area contributed by atoms with Gasteiger partial charge in [0.05, 0.1) is 27.0 Å². The first-order chi connectivity index (χ1) is 12.4. The number of esters is 1. The van der Waals surface area contributed by atoms with E-state index in [1.807, 2.05) is 39.8 Å². The molecule has 1 unspecified atom stereocenters. The molecule has 0 radical (unpaired) electrons. The van der Waals surface area contributed by atoms with Crippen LogP contribution in [0, 0.1) is 6.92 Å². The highest BCUT2D eigenvalue weighted by atomic mass is 35.5. The van der Waals surface area contributed by atoms with Crippen molar-refractivity contribution < 1.29 is 9.53 Å². The molecule has 2 aromatic rings. The lowest BCUT2D eigenvalue weighted by Gasteiger charge is -2.26. The minimum absolute atomic E-state index is 0. The predicted molar refractivity (Wildman–Crippen MR) is 116 cm³/mol. The maximum Gasteiger partial charge on any atom is 0.341 e. The molecular weight excluding hydrogens is 407 g/mol. The largest absolute Gasteiger partial charge is 0.443 e. The normalized spacial score (nSPS) is 11.7. The van der Waals surface area contributed by atoms with E-state index in [1.54, 1.807) is 24.3 Å². The van der Waals surface area contributed by atoms with Crippen LogP contribution < -0.4 is 5.32 Å². The number of aryl methyl sites for hydroxylation is 1. The van der Waals surface area contributed by atoms with Gasteiger partial charge < -0.3 is 10.1 Å². The molecule has 0 aromatic heterocycles. The van der Waals surface area contributed by atoms with Crippen LogP contribution in [0.1, 0.15) is 36.7 Å². The number of carbonyl (C=O) groups excluding carboxylic acids is 1. The van der Waals surface area contributed by atoms with E-state index < -0.39 is 5.97 Å². The van der Waals surface area contributed by atoms with Crippen LogP contribution >= 0.6 is 35.6 Å². The Kier molecular flexibility index (Phi) is 9.40. The van der Waals surface area contributed by atoms with Crippen LogP contribution in [0.25, 0.3) is 0 Å². The molecule has 4 nitrogen and oxygen atoms in total. The van der Waals surface area contributed by atoms with Crippen molar-refractivity contribution in [2.45, 2.75) is 33.9 Å². The molecule has 0 spiro atoms. The average molecular weight is 432 g/mol. The van der Waals surface area contributed by atoms with Gasteiger partial charge >= 0.3 is 5.97 Å². The fraction of sp³-hybridized carbons (Fsp3) is 0.350. The number of hydrogen-bond donors (Lipinski definition) is 1. The Morgan fingerprint density at radius 1 is 1.15 bits per heavy atom. The minimum Gasteiger partial charge on any atom is -0.443 e. The highest BCUT2D eigenvalue weighted by Gasteiger charge is 2.20. The number of halogens is 3. The van der Waals surface area contributed by atoms with Gasteiger partial charge in [-0.3, -0.25) is 4.90 Å². The second-order valence-corrected chi connectivity index (χ2v) is 6.73. The maximum absolute atomic E-state index is 12.7. The van der Waals surface area contributed by atoms with E-state index in [0.717, 1.165) is 18.7 Å². The van der Waals surface area contributed by atoms with Crippen LogP contribution in [0.4, 0.5) is 11.4 Å². The zero-order valence-corrected chi connectivity index (χ0v) is 18.2. The van der Waals surface area contributed by atoms with Crippen LogP contribution in [0.5, 0.6) is 0 Å². The Morgan fingerprint density at radius 3 is 2.41 bits per heavy atom. The summed E-state index contributed by atoms with van der Waals surface area (Å²) in [4.78, 5) is 14.7. The van der Waals surface area contributed by atoms with Crippen molar-refractivity contribution in [3.8, 4) is 0 Å². The number of rotatable bonds is 7. The summed E-state index contributed by atoms with van der Waals surface area (Å²) >= 11 is 12.7. The van der Waals surface area contributed by atoms with Gasteiger partial charge in [-0.2, -0.15) is 0 Å². The first-order valence-corrected chi connectivity index (χ1v) is 9.40. The summed E-state index contributed by atoms with van der Waals surface area (Å²) in [5.74, 6) is -0.396. The number of para-hydroxylation sites is 1. The van der Waals surface area contributed by atoms with Crippen molar-refractivity contribution >= 4 is 53.0 Å². The van der Waals surface area contributed by atoms with Crippen LogP contribution in [0.3, 0.4) is 0 Å². The first kappa shape index (κ1) is 23.6. The molecular formula is C20H25Cl3N2O2. The lowest BCUT2D eigenvalue weighted by Crippen LogP contribution is -2.36. The molecule has 0 bridgehead atoms. The van der Waals surface area contributed by atoms with Crippen LogP contribution in [0.15, 0.2) is 36.4 Å². The Morgan fingerprint density at radius 2 is 1.78 bits per heavy atom. The second-order valence-electron chi connectivity index (χ2n) is 5.95. The van der Waals surface area contributed by atoms with E-state index in [0.29, 0.717) is 27.0 Å². The van der Waals surface area contributed by atoms with Gasteiger partial charge in [-0.05, 0) is 50.7 Å². The molecule has 1 N–H and O–H groups in total. The van der Waals surface area contributed by atoms with Crippen molar-refractivity contribution in [2.24, 2.45) is 0 Å². The summed E-state index contributed by atoms with van der Waals surface area (Å²) in [6.45, 7) is 9.44. The lowest BCUT2D eigenvalue weighted by molar-refractivity contribution is -0.0196. The van der Waals surface area contributed by atoms with E-state index >= 15 is 0 Å². The van der Waals surface area contributed by atoms with Gasteiger partial charge in [0.2, 0.25) is 0 Å². The monoisotopic (exact) mass is 430 g/mol. The van der Waals surface area contributed by atoms with Gasteiger partial charge in [-0.25, -0.2) is 4.79 Å². The number of benzene rings is 2. The zero-order chi connectivity index (χ0) is 19.3. The molecule has 0 saturated heterocycles. The molecule has 27 heavy (non-hydrogen) atoms. The van der Waals surface area contributed by atoms with Crippen molar-refractivity contribution in [2.75, 3.05) is 18.4 Å². The zero-order valence-electron chi connectivity index (χ0n) is 15.9. The maximum atomic E-state index is 12.7. The van der Waals surface area contributed by atoms with E-state index in [9.17, 15) is 4.79 Å². The number of nitrogens with zero attached hydrogens (tertiary/aromatic N) is 1. The molecule has 0 aliphatic heterocycles. The van der Waals surface area contributed by atoms with Crippen molar-refractivity contribution in [1.82, 2.24) is 4.90 Å². The Balaban J connectivity index is 0.00000364. The summed E-state index contributed by atoms with van der Waals surface area (Å²) in [6, 6.07) is 10.8. The smallest absolute Gasteiger partial charge is 0.341 e. The predicted octanol–water partition coefficient (Wildman–Crippen LogP) is 6.31. The molecule has 2 rings (SSSR count). The van der Waals surface area contributed by atoms with Gasteiger partial charge in [0.15, 0.2) is 6.23 Å². The SMILES string of the molecule is CCN(CC)C(C)OC(=O)c1ccccc1Nc1c(Cl)ccc(C)c1Cl.Cl.